The number of ketones is 1. The predicted molar refractivity (Wildman–Crippen MR) is 117 cm³/mol. The highest BCUT2D eigenvalue weighted by atomic mass is 32.1. The van der Waals surface area contributed by atoms with Crippen LogP contribution in [0.5, 0.6) is 5.75 Å². The molecular weight excluding hydrogens is 398 g/mol. The molecule has 2 aromatic rings. The van der Waals surface area contributed by atoms with Crippen molar-refractivity contribution in [3.05, 3.63) is 63.5 Å². The number of benzene rings is 1. The summed E-state index contributed by atoms with van der Waals surface area (Å²) >= 11 is 1.65. The predicted octanol–water partition coefficient (Wildman–Crippen LogP) is 4.98. The number of aromatic hydroxyl groups is 1. The minimum Gasteiger partial charge on any atom is -0.508 e. The lowest BCUT2D eigenvalue weighted by atomic mass is 9.70. The summed E-state index contributed by atoms with van der Waals surface area (Å²) in [5.74, 6) is -1.36. The van der Waals surface area contributed by atoms with E-state index in [1.807, 2.05) is 24.4 Å². The quantitative estimate of drug-likeness (QED) is 0.704. The molecular formula is C24H25NO4S. The number of esters is 1. The smallest absolute Gasteiger partial charge is 0.315 e. The van der Waals surface area contributed by atoms with Gasteiger partial charge in [-0.05, 0) is 56.3 Å². The Morgan fingerprint density at radius 3 is 2.70 bits per heavy atom. The second-order valence-electron chi connectivity index (χ2n) is 8.19. The van der Waals surface area contributed by atoms with E-state index in [9.17, 15) is 14.7 Å². The van der Waals surface area contributed by atoms with Crippen LogP contribution in [0.1, 0.15) is 55.9 Å². The van der Waals surface area contributed by atoms with Crippen LogP contribution in [0.4, 0.5) is 0 Å². The number of thiophene rings is 1. The number of nitrogens with zero attached hydrogens (tertiary/aromatic N) is 1. The molecule has 1 N–H and O–H groups in total. The van der Waals surface area contributed by atoms with Gasteiger partial charge in [-0.2, -0.15) is 0 Å². The maximum absolute atomic E-state index is 13.4. The van der Waals surface area contributed by atoms with Gasteiger partial charge in [0, 0.05) is 40.1 Å². The summed E-state index contributed by atoms with van der Waals surface area (Å²) in [6.07, 6.45) is 0.797. The maximum Gasteiger partial charge on any atom is 0.315 e. The van der Waals surface area contributed by atoms with Crippen LogP contribution in [0.2, 0.25) is 0 Å². The fourth-order valence-corrected chi connectivity index (χ4v) is 5.30. The second-order valence-corrected chi connectivity index (χ2v) is 9.17. The van der Waals surface area contributed by atoms with E-state index in [0.29, 0.717) is 24.1 Å². The molecule has 0 fully saturated rings. The summed E-state index contributed by atoms with van der Waals surface area (Å²) in [4.78, 5) is 32.3. The third-order valence-corrected chi connectivity index (χ3v) is 6.70. The lowest BCUT2D eigenvalue weighted by molar-refractivity contribution is -0.150. The number of aliphatic imine (C=N–C) groups is 1. The first-order valence-electron chi connectivity index (χ1n) is 10.2. The van der Waals surface area contributed by atoms with Gasteiger partial charge < -0.3 is 9.84 Å². The summed E-state index contributed by atoms with van der Waals surface area (Å²) in [5, 5.41) is 12.1. The second kappa shape index (κ2) is 8.19. The van der Waals surface area contributed by atoms with Crippen molar-refractivity contribution in [2.75, 3.05) is 0 Å². The molecule has 1 aliphatic heterocycles. The monoisotopic (exact) mass is 423 g/mol. The van der Waals surface area contributed by atoms with E-state index in [0.717, 1.165) is 11.3 Å². The van der Waals surface area contributed by atoms with Gasteiger partial charge >= 0.3 is 5.97 Å². The first-order chi connectivity index (χ1) is 14.3. The highest BCUT2D eigenvalue weighted by molar-refractivity contribution is 7.10. The van der Waals surface area contributed by atoms with E-state index >= 15 is 0 Å². The van der Waals surface area contributed by atoms with Crippen LogP contribution in [0.3, 0.4) is 0 Å². The molecule has 4 rings (SSSR count). The molecule has 1 aromatic heterocycles. The molecule has 0 saturated heterocycles. The Bertz CT molecular complexity index is 1040. The molecule has 1 aliphatic carbocycles. The molecule has 2 heterocycles. The van der Waals surface area contributed by atoms with Crippen molar-refractivity contribution in [1.29, 1.82) is 0 Å². The Kier molecular flexibility index (Phi) is 5.60. The number of Topliss-reactive ketones (excluding diaryl/α,β-unsaturated/α-hetero) is 1. The zero-order valence-corrected chi connectivity index (χ0v) is 18.1. The lowest BCUT2D eigenvalue weighted by Crippen LogP contribution is -2.38. The fourth-order valence-electron chi connectivity index (χ4n) is 4.47. The van der Waals surface area contributed by atoms with Crippen LogP contribution in [0.25, 0.3) is 0 Å². The number of carbonyl (C=O) groups excluding carboxylic acids is 2. The van der Waals surface area contributed by atoms with E-state index in [2.05, 4.69) is 6.07 Å². The SMILES string of the molecule is CC1=NC2=C(C(=O)C[C@H](c3cccs3)C2)[C@H](c2cccc(O)c2)C1C(=O)OC(C)C. The van der Waals surface area contributed by atoms with Crippen LogP contribution < -0.4 is 0 Å². The van der Waals surface area contributed by atoms with Crippen LogP contribution >= 0.6 is 11.3 Å². The summed E-state index contributed by atoms with van der Waals surface area (Å²) in [6, 6.07) is 10.8. The normalized spacial score (nSPS) is 23.9. The van der Waals surface area contributed by atoms with Crippen LogP contribution in [0, 0.1) is 5.92 Å². The van der Waals surface area contributed by atoms with Crippen molar-refractivity contribution < 1.29 is 19.4 Å². The Hall–Kier alpha value is -2.73. The van der Waals surface area contributed by atoms with Gasteiger partial charge in [-0.3, -0.25) is 14.6 Å². The van der Waals surface area contributed by atoms with Gasteiger partial charge in [0.25, 0.3) is 0 Å². The molecule has 0 amide bonds. The first-order valence-corrected chi connectivity index (χ1v) is 11.1. The van der Waals surface area contributed by atoms with Gasteiger partial charge in [0.1, 0.15) is 11.7 Å². The highest BCUT2D eigenvalue weighted by Gasteiger charge is 2.45. The number of phenolic OH excluding ortho intramolecular Hbond substituents is 1. The Balaban J connectivity index is 1.81. The third kappa shape index (κ3) is 3.84. The standard InChI is InChI=1S/C24H25NO4S/c1-13(2)29-24(28)21-14(3)25-18-11-16(20-8-5-9-30-20)12-19(27)23(18)22(21)15-6-4-7-17(26)10-15/h4-10,13,16,21-22,26H,11-12H2,1-3H3/t16-,21?,22-/m1/s1. The van der Waals surface area contributed by atoms with Crippen molar-refractivity contribution in [2.45, 2.75) is 51.6 Å². The molecule has 1 unspecified atom stereocenters. The topological polar surface area (TPSA) is 76.0 Å². The molecule has 0 saturated carbocycles. The van der Waals surface area contributed by atoms with Gasteiger partial charge in [-0.15, -0.1) is 11.3 Å². The number of hydrogen-bond acceptors (Lipinski definition) is 6. The van der Waals surface area contributed by atoms with Gasteiger partial charge in [0.2, 0.25) is 0 Å². The summed E-state index contributed by atoms with van der Waals surface area (Å²) in [6.45, 7) is 5.43. The number of phenols is 1. The van der Waals surface area contributed by atoms with Crippen LogP contribution in [-0.2, 0) is 14.3 Å². The van der Waals surface area contributed by atoms with E-state index in [4.69, 9.17) is 9.73 Å². The zero-order chi connectivity index (χ0) is 21.4. The van der Waals surface area contributed by atoms with E-state index in [1.54, 1.807) is 43.4 Å². The summed E-state index contributed by atoms with van der Waals surface area (Å²) < 4.78 is 5.52. The van der Waals surface area contributed by atoms with Gasteiger partial charge in [-0.1, -0.05) is 18.2 Å². The minimum absolute atomic E-state index is 0.0154. The Morgan fingerprint density at radius 2 is 2.03 bits per heavy atom. The minimum atomic E-state index is -0.685. The van der Waals surface area contributed by atoms with Crippen molar-refractivity contribution in [3.63, 3.8) is 0 Å². The molecule has 1 aromatic carbocycles. The van der Waals surface area contributed by atoms with Gasteiger partial charge in [-0.25, -0.2) is 0 Å². The van der Waals surface area contributed by atoms with E-state index in [1.165, 1.54) is 4.88 Å². The maximum atomic E-state index is 13.4. The molecule has 0 spiro atoms. The van der Waals surface area contributed by atoms with E-state index < -0.39 is 11.8 Å². The molecule has 156 valence electrons. The molecule has 6 heteroatoms. The molecule has 3 atom stereocenters. The van der Waals surface area contributed by atoms with Crippen molar-refractivity contribution >= 4 is 28.8 Å². The number of carbonyl (C=O) groups is 2. The largest absolute Gasteiger partial charge is 0.508 e. The molecule has 0 radical (unpaired) electrons. The fraction of sp³-hybridized carbons (Fsp3) is 0.375. The average Bonchev–Trinajstić information content (AvgIpc) is 3.21. The number of ether oxygens (including phenoxy) is 1. The Morgan fingerprint density at radius 1 is 1.23 bits per heavy atom. The van der Waals surface area contributed by atoms with E-state index in [-0.39, 0.29) is 29.5 Å². The van der Waals surface area contributed by atoms with Crippen LogP contribution in [-0.4, -0.2) is 28.7 Å². The lowest BCUT2D eigenvalue weighted by Gasteiger charge is -2.36. The van der Waals surface area contributed by atoms with Crippen molar-refractivity contribution in [1.82, 2.24) is 0 Å². The average molecular weight is 424 g/mol. The van der Waals surface area contributed by atoms with Crippen molar-refractivity contribution in [3.8, 4) is 5.75 Å². The van der Waals surface area contributed by atoms with Gasteiger partial charge in [0.15, 0.2) is 5.78 Å². The van der Waals surface area contributed by atoms with Crippen LogP contribution in [0.15, 0.2) is 58.0 Å². The molecule has 30 heavy (non-hydrogen) atoms. The third-order valence-electron chi connectivity index (χ3n) is 5.67. The molecule has 2 aliphatic rings. The number of hydrogen-bond donors (Lipinski definition) is 1. The number of allylic oxidation sites excluding steroid dienone is 2. The Labute approximate surface area is 180 Å². The summed E-state index contributed by atoms with van der Waals surface area (Å²) in [5.41, 5.74) is 2.71. The highest BCUT2D eigenvalue weighted by Crippen LogP contribution is 2.47. The zero-order valence-electron chi connectivity index (χ0n) is 17.3. The summed E-state index contributed by atoms with van der Waals surface area (Å²) in [7, 11) is 0. The van der Waals surface area contributed by atoms with Gasteiger partial charge in [0.05, 0.1) is 6.10 Å². The first kappa shape index (κ1) is 20.5. The number of rotatable bonds is 4. The molecule has 5 nitrogen and oxygen atoms in total. The molecule has 0 bridgehead atoms. The van der Waals surface area contributed by atoms with Crippen molar-refractivity contribution in [2.24, 2.45) is 10.9 Å².